The number of furan rings is 1. The van der Waals surface area contributed by atoms with Crippen molar-refractivity contribution in [1.29, 1.82) is 5.26 Å². The van der Waals surface area contributed by atoms with Gasteiger partial charge in [0.15, 0.2) is 4.67 Å². The third-order valence-electron chi connectivity index (χ3n) is 2.49. The summed E-state index contributed by atoms with van der Waals surface area (Å²) in [6.45, 7) is 1.95. The summed E-state index contributed by atoms with van der Waals surface area (Å²) >= 11 is 9.18. The summed E-state index contributed by atoms with van der Waals surface area (Å²) in [5.41, 5.74) is 1.25. The maximum Gasteiger partial charge on any atom is 0.169 e. The highest BCUT2D eigenvalue weighted by Gasteiger charge is 2.12. The fourth-order valence-corrected chi connectivity index (χ4v) is 2.09. The van der Waals surface area contributed by atoms with E-state index in [1.807, 2.05) is 19.1 Å². The van der Waals surface area contributed by atoms with Gasteiger partial charge < -0.3 is 9.73 Å². The van der Waals surface area contributed by atoms with E-state index in [0.29, 0.717) is 20.9 Å². The van der Waals surface area contributed by atoms with E-state index in [4.69, 9.17) is 21.3 Å². The van der Waals surface area contributed by atoms with Crippen LogP contribution in [0.3, 0.4) is 0 Å². The second-order valence-electron chi connectivity index (χ2n) is 3.81. The highest BCUT2D eigenvalue weighted by Crippen LogP contribution is 2.27. The molecule has 0 aliphatic rings. The van der Waals surface area contributed by atoms with E-state index < -0.39 is 0 Å². The second-order valence-corrected chi connectivity index (χ2v) is 5.03. The number of hydrogen-bond acceptors (Lipinski definition) is 3. The van der Waals surface area contributed by atoms with Gasteiger partial charge in [0.25, 0.3) is 0 Å². The lowest BCUT2D eigenvalue weighted by Crippen LogP contribution is -2.06. The number of benzene rings is 1. The summed E-state index contributed by atoms with van der Waals surface area (Å²) in [4.78, 5) is 0. The van der Waals surface area contributed by atoms with E-state index in [1.165, 1.54) is 0 Å². The molecule has 92 valence electrons. The molecular weight excluding hydrogens is 316 g/mol. The number of anilines is 1. The fourth-order valence-electron chi connectivity index (χ4n) is 1.60. The van der Waals surface area contributed by atoms with E-state index in [2.05, 4.69) is 27.3 Å². The van der Waals surface area contributed by atoms with Crippen LogP contribution in [0.5, 0.6) is 0 Å². The van der Waals surface area contributed by atoms with E-state index in [9.17, 15) is 0 Å². The molecule has 0 saturated heterocycles. The zero-order valence-corrected chi connectivity index (χ0v) is 11.9. The van der Waals surface area contributed by atoms with Gasteiger partial charge in [-0.1, -0.05) is 11.6 Å². The molecule has 2 rings (SSSR count). The van der Waals surface area contributed by atoms with Crippen LogP contribution in [0.2, 0.25) is 5.02 Å². The van der Waals surface area contributed by atoms with Crippen molar-refractivity contribution in [2.24, 2.45) is 0 Å². The average Bonchev–Trinajstić information content (AvgIpc) is 2.76. The molecule has 0 radical (unpaired) electrons. The van der Waals surface area contributed by atoms with Crippen LogP contribution in [-0.4, -0.2) is 0 Å². The minimum atomic E-state index is -0.0538. The van der Waals surface area contributed by atoms with Gasteiger partial charge in [0.1, 0.15) is 11.8 Å². The first-order valence-electron chi connectivity index (χ1n) is 5.31. The molecule has 0 amide bonds. The fraction of sp³-hybridized carbons (Fsp3) is 0.154. The molecule has 0 saturated carbocycles. The first kappa shape index (κ1) is 13.0. The minimum Gasteiger partial charge on any atom is -0.452 e. The minimum absolute atomic E-state index is 0.0538. The Labute approximate surface area is 118 Å². The Bertz CT molecular complexity index is 603. The Balaban J connectivity index is 2.24. The molecule has 1 heterocycles. The maximum atomic E-state index is 9.03. The summed E-state index contributed by atoms with van der Waals surface area (Å²) < 4.78 is 6.14. The Morgan fingerprint density at radius 3 is 2.78 bits per heavy atom. The highest BCUT2D eigenvalue weighted by atomic mass is 79.9. The summed E-state index contributed by atoms with van der Waals surface area (Å²) in [6, 6.07) is 10.9. The molecule has 18 heavy (non-hydrogen) atoms. The summed E-state index contributed by atoms with van der Waals surface area (Å²) in [5.74, 6) is 0.783. The molecule has 5 heteroatoms. The molecule has 1 aromatic heterocycles. The summed E-state index contributed by atoms with van der Waals surface area (Å²) in [6.07, 6.45) is 0. The van der Waals surface area contributed by atoms with Gasteiger partial charge in [0.2, 0.25) is 0 Å². The van der Waals surface area contributed by atoms with Crippen LogP contribution in [-0.2, 0) is 0 Å². The van der Waals surface area contributed by atoms with Crippen molar-refractivity contribution >= 4 is 33.2 Å². The predicted molar refractivity (Wildman–Crippen MR) is 74.6 cm³/mol. The Morgan fingerprint density at radius 2 is 2.17 bits per heavy atom. The van der Waals surface area contributed by atoms with Gasteiger partial charge in [-0.05, 0) is 53.2 Å². The molecule has 1 aromatic carbocycles. The van der Waals surface area contributed by atoms with Crippen molar-refractivity contribution < 1.29 is 4.42 Å². The lowest BCUT2D eigenvalue weighted by molar-refractivity contribution is 0.471. The van der Waals surface area contributed by atoms with Crippen LogP contribution in [0.1, 0.15) is 24.3 Å². The normalized spacial score (nSPS) is 11.9. The van der Waals surface area contributed by atoms with Gasteiger partial charge in [-0.3, -0.25) is 0 Å². The monoisotopic (exact) mass is 324 g/mol. The molecule has 0 bridgehead atoms. The van der Waals surface area contributed by atoms with Crippen molar-refractivity contribution in [1.82, 2.24) is 0 Å². The molecule has 1 atom stereocenters. The van der Waals surface area contributed by atoms with Crippen LogP contribution in [0.25, 0.3) is 0 Å². The van der Waals surface area contributed by atoms with Crippen LogP contribution in [0, 0.1) is 11.3 Å². The number of nitrogens with zero attached hydrogens (tertiary/aromatic N) is 1. The summed E-state index contributed by atoms with van der Waals surface area (Å²) in [5, 5.41) is 12.8. The van der Waals surface area contributed by atoms with Crippen molar-refractivity contribution in [2.75, 3.05) is 5.32 Å². The number of rotatable bonds is 3. The van der Waals surface area contributed by atoms with Gasteiger partial charge in [-0.15, -0.1) is 0 Å². The molecule has 1 unspecified atom stereocenters. The smallest absolute Gasteiger partial charge is 0.169 e. The topological polar surface area (TPSA) is 49.0 Å². The largest absolute Gasteiger partial charge is 0.452 e. The van der Waals surface area contributed by atoms with Crippen molar-refractivity contribution in [2.45, 2.75) is 13.0 Å². The van der Waals surface area contributed by atoms with E-state index in [0.717, 1.165) is 5.76 Å². The Morgan fingerprint density at radius 1 is 1.39 bits per heavy atom. The first-order valence-corrected chi connectivity index (χ1v) is 6.48. The quantitative estimate of drug-likeness (QED) is 0.886. The van der Waals surface area contributed by atoms with Crippen molar-refractivity contribution in [3.8, 4) is 6.07 Å². The van der Waals surface area contributed by atoms with E-state index in [-0.39, 0.29) is 6.04 Å². The number of hydrogen-bond donors (Lipinski definition) is 1. The van der Waals surface area contributed by atoms with Crippen LogP contribution >= 0.6 is 27.5 Å². The van der Waals surface area contributed by atoms with E-state index in [1.54, 1.807) is 18.2 Å². The predicted octanol–water partition coefficient (Wildman–Crippen LogP) is 4.74. The highest BCUT2D eigenvalue weighted by molar-refractivity contribution is 9.10. The Kier molecular flexibility index (Phi) is 3.95. The molecule has 0 aliphatic carbocycles. The molecule has 0 spiro atoms. The zero-order chi connectivity index (χ0) is 13.1. The zero-order valence-electron chi connectivity index (χ0n) is 9.58. The number of nitrogens with one attached hydrogen (secondary N) is 1. The molecule has 0 aliphatic heterocycles. The summed E-state index contributed by atoms with van der Waals surface area (Å²) in [7, 11) is 0. The molecule has 2 aromatic rings. The SMILES string of the molecule is CC(Nc1cc(Cl)ccc1C#N)c1ccc(Br)o1. The van der Waals surface area contributed by atoms with Gasteiger partial charge in [0.05, 0.1) is 17.3 Å². The molecule has 1 N–H and O–H groups in total. The lowest BCUT2D eigenvalue weighted by atomic mass is 10.1. The van der Waals surface area contributed by atoms with Crippen LogP contribution < -0.4 is 5.32 Å². The standard InChI is InChI=1S/C13H10BrClN2O/c1-8(12-4-5-13(14)18-12)17-11-6-10(15)3-2-9(11)7-16/h2-6,8,17H,1H3. The van der Waals surface area contributed by atoms with Gasteiger partial charge in [0, 0.05) is 5.02 Å². The Hall–Kier alpha value is -1.44. The van der Waals surface area contributed by atoms with Crippen LogP contribution in [0.4, 0.5) is 5.69 Å². The third kappa shape index (κ3) is 2.87. The van der Waals surface area contributed by atoms with Crippen molar-refractivity contribution in [3.05, 3.63) is 51.3 Å². The first-order chi connectivity index (χ1) is 8.60. The second kappa shape index (κ2) is 5.47. The lowest BCUT2D eigenvalue weighted by Gasteiger charge is -2.14. The average molecular weight is 326 g/mol. The number of nitriles is 1. The molecule has 0 fully saturated rings. The number of halogens is 2. The van der Waals surface area contributed by atoms with Crippen molar-refractivity contribution in [3.63, 3.8) is 0 Å². The third-order valence-corrected chi connectivity index (χ3v) is 3.16. The van der Waals surface area contributed by atoms with Gasteiger partial charge >= 0.3 is 0 Å². The van der Waals surface area contributed by atoms with Crippen LogP contribution in [0.15, 0.2) is 39.4 Å². The van der Waals surface area contributed by atoms with Gasteiger partial charge in [-0.2, -0.15) is 5.26 Å². The molecule has 3 nitrogen and oxygen atoms in total. The maximum absolute atomic E-state index is 9.03. The molecular formula is C13H10BrClN2O. The van der Waals surface area contributed by atoms with E-state index >= 15 is 0 Å². The van der Waals surface area contributed by atoms with Gasteiger partial charge in [-0.25, -0.2) is 0 Å².